The Kier molecular flexibility index (Phi) is 6.50. The van der Waals surface area contributed by atoms with Gasteiger partial charge in [0, 0.05) is 6.54 Å². The van der Waals surface area contributed by atoms with Crippen molar-refractivity contribution in [3.63, 3.8) is 0 Å². The number of unbranched alkanes of at least 4 members (excludes halogenated alkanes) is 5. The Balaban J connectivity index is 1.88. The standard InChI is InChI=1S/C12H23NO/c1-2-3-4-5-6-7-9-13-10-8-11-14-12-13/h8,10H,2-7,9,11-12H2,1H3. The predicted molar refractivity (Wildman–Crippen MR) is 60.0 cm³/mol. The summed E-state index contributed by atoms with van der Waals surface area (Å²) in [5.41, 5.74) is 0. The first-order valence-electron chi connectivity index (χ1n) is 5.92. The van der Waals surface area contributed by atoms with Gasteiger partial charge in [0.25, 0.3) is 0 Å². The SMILES string of the molecule is CCCCCCCCN1C=CCOC1. The van der Waals surface area contributed by atoms with Gasteiger partial charge in [-0.2, -0.15) is 0 Å². The topological polar surface area (TPSA) is 12.5 Å². The molecule has 0 unspecified atom stereocenters. The Morgan fingerprint density at radius 2 is 1.93 bits per heavy atom. The summed E-state index contributed by atoms with van der Waals surface area (Å²) in [6.45, 7) is 4.98. The quantitative estimate of drug-likeness (QED) is 0.581. The molecule has 1 rings (SSSR count). The fraction of sp³-hybridized carbons (Fsp3) is 0.833. The van der Waals surface area contributed by atoms with Crippen LogP contribution in [0.3, 0.4) is 0 Å². The van der Waals surface area contributed by atoms with Crippen molar-refractivity contribution in [3.05, 3.63) is 12.3 Å². The predicted octanol–water partition coefficient (Wildman–Crippen LogP) is 3.15. The van der Waals surface area contributed by atoms with E-state index in [1.54, 1.807) is 0 Å². The van der Waals surface area contributed by atoms with Crippen molar-refractivity contribution < 1.29 is 4.74 Å². The summed E-state index contributed by atoms with van der Waals surface area (Å²) < 4.78 is 5.32. The molecule has 0 aromatic carbocycles. The number of hydrogen-bond donors (Lipinski definition) is 0. The van der Waals surface area contributed by atoms with Gasteiger partial charge in [0.05, 0.1) is 6.61 Å². The van der Waals surface area contributed by atoms with E-state index in [1.165, 1.54) is 38.5 Å². The zero-order valence-corrected chi connectivity index (χ0v) is 9.37. The minimum absolute atomic E-state index is 0.783. The maximum Gasteiger partial charge on any atom is 0.118 e. The second-order valence-corrected chi connectivity index (χ2v) is 3.96. The van der Waals surface area contributed by atoms with Crippen LogP contribution in [0.1, 0.15) is 45.4 Å². The largest absolute Gasteiger partial charge is 0.357 e. The lowest BCUT2D eigenvalue weighted by Gasteiger charge is -2.23. The molecule has 2 heteroatoms. The van der Waals surface area contributed by atoms with Crippen molar-refractivity contribution in [2.75, 3.05) is 19.9 Å². The number of hydrogen-bond acceptors (Lipinski definition) is 2. The highest BCUT2D eigenvalue weighted by Gasteiger charge is 2.01. The molecular formula is C12H23NO. The minimum Gasteiger partial charge on any atom is -0.357 e. The second-order valence-electron chi connectivity index (χ2n) is 3.96. The van der Waals surface area contributed by atoms with E-state index in [2.05, 4.69) is 24.1 Å². The molecule has 14 heavy (non-hydrogen) atoms. The average Bonchev–Trinajstić information content (AvgIpc) is 2.25. The molecule has 0 bridgehead atoms. The van der Waals surface area contributed by atoms with Gasteiger partial charge < -0.3 is 9.64 Å². The van der Waals surface area contributed by atoms with Crippen LogP contribution in [0, 0.1) is 0 Å². The molecule has 0 amide bonds. The Morgan fingerprint density at radius 3 is 2.64 bits per heavy atom. The average molecular weight is 197 g/mol. The van der Waals surface area contributed by atoms with Crippen molar-refractivity contribution in [2.24, 2.45) is 0 Å². The number of nitrogens with zero attached hydrogens (tertiary/aromatic N) is 1. The van der Waals surface area contributed by atoms with Crippen LogP contribution in [-0.4, -0.2) is 24.8 Å². The Hall–Kier alpha value is -0.500. The molecule has 0 spiro atoms. The molecule has 0 fully saturated rings. The molecule has 82 valence electrons. The number of rotatable bonds is 7. The fourth-order valence-corrected chi connectivity index (χ4v) is 1.71. The summed E-state index contributed by atoms with van der Waals surface area (Å²) in [6, 6.07) is 0. The van der Waals surface area contributed by atoms with Gasteiger partial charge in [0.2, 0.25) is 0 Å². The van der Waals surface area contributed by atoms with Gasteiger partial charge >= 0.3 is 0 Å². The van der Waals surface area contributed by atoms with Gasteiger partial charge in [-0.15, -0.1) is 0 Å². The molecule has 1 aliphatic rings. The molecule has 0 aromatic rings. The molecule has 0 N–H and O–H groups in total. The molecule has 0 atom stereocenters. The van der Waals surface area contributed by atoms with E-state index in [9.17, 15) is 0 Å². The van der Waals surface area contributed by atoms with E-state index >= 15 is 0 Å². The van der Waals surface area contributed by atoms with Crippen molar-refractivity contribution in [2.45, 2.75) is 45.4 Å². The molecule has 0 saturated carbocycles. The van der Waals surface area contributed by atoms with E-state index in [1.807, 2.05) is 0 Å². The Morgan fingerprint density at radius 1 is 1.14 bits per heavy atom. The summed E-state index contributed by atoms with van der Waals surface area (Å²) >= 11 is 0. The molecule has 0 aliphatic carbocycles. The third kappa shape index (κ3) is 5.28. The molecular weight excluding hydrogens is 174 g/mol. The van der Waals surface area contributed by atoms with Gasteiger partial charge in [0.1, 0.15) is 6.73 Å². The first-order chi connectivity index (χ1) is 6.93. The van der Waals surface area contributed by atoms with Crippen LogP contribution in [0.5, 0.6) is 0 Å². The molecule has 0 radical (unpaired) electrons. The van der Waals surface area contributed by atoms with Crippen LogP contribution in [0.25, 0.3) is 0 Å². The lowest BCUT2D eigenvalue weighted by atomic mass is 10.1. The van der Waals surface area contributed by atoms with Crippen LogP contribution in [0.2, 0.25) is 0 Å². The molecule has 0 saturated heterocycles. The van der Waals surface area contributed by atoms with Crippen LogP contribution in [0.15, 0.2) is 12.3 Å². The van der Waals surface area contributed by atoms with Crippen LogP contribution in [0.4, 0.5) is 0 Å². The molecule has 2 nitrogen and oxygen atoms in total. The lowest BCUT2D eigenvalue weighted by Crippen LogP contribution is -2.25. The highest BCUT2D eigenvalue weighted by Crippen LogP contribution is 2.07. The molecule has 0 aromatic heterocycles. The third-order valence-corrected chi connectivity index (χ3v) is 2.59. The third-order valence-electron chi connectivity index (χ3n) is 2.59. The van der Waals surface area contributed by atoms with Gasteiger partial charge in [-0.3, -0.25) is 0 Å². The van der Waals surface area contributed by atoms with Gasteiger partial charge in [0.15, 0.2) is 0 Å². The first-order valence-corrected chi connectivity index (χ1v) is 5.92. The summed E-state index contributed by atoms with van der Waals surface area (Å²) in [7, 11) is 0. The maximum absolute atomic E-state index is 5.32. The zero-order valence-electron chi connectivity index (χ0n) is 9.37. The smallest absolute Gasteiger partial charge is 0.118 e. The molecule has 1 aliphatic heterocycles. The van der Waals surface area contributed by atoms with Crippen molar-refractivity contribution in [1.82, 2.24) is 4.90 Å². The van der Waals surface area contributed by atoms with Crippen LogP contribution < -0.4 is 0 Å². The Labute approximate surface area is 87.9 Å². The van der Waals surface area contributed by atoms with E-state index < -0.39 is 0 Å². The Bertz CT molecular complexity index is 156. The van der Waals surface area contributed by atoms with E-state index in [0.717, 1.165) is 19.9 Å². The van der Waals surface area contributed by atoms with Crippen molar-refractivity contribution in [1.29, 1.82) is 0 Å². The van der Waals surface area contributed by atoms with Crippen molar-refractivity contribution in [3.8, 4) is 0 Å². The molecule has 1 heterocycles. The number of ether oxygens (including phenoxy) is 1. The van der Waals surface area contributed by atoms with E-state index in [4.69, 9.17) is 4.74 Å². The maximum atomic E-state index is 5.32. The van der Waals surface area contributed by atoms with Gasteiger partial charge in [-0.25, -0.2) is 0 Å². The fourth-order valence-electron chi connectivity index (χ4n) is 1.71. The normalized spacial score (nSPS) is 16.2. The zero-order chi connectivity index (χ0) is 10.1. The highest BCUT2D eigenvalue weighted by molar-refractivity contribution is 4.84. The van der Waals surface area contributed by atoms with Gasteiger partial charge in [-0.05, 0) is 18.7 Å². The lowest BCUT2D eigenvalue weighted by molar-refractivity contribution is 0.0562. The summed E-state index contributed by atoms with van der Waals surface area (Å²) in [4.78, 5) is 2.25. The van der Waals surface area contributed by atoms with E-state index in [0.29, 0.717) is 0 Å². The summed E-state index contributed by atoms with van der Waals surface area (Å²) in [5, 5.41) is 0. The summed E-state index contributed by atoms with van der Waals surface area (Å²) in [6.07, 6.45) is 12.4. The monoisotopic (exact) mass is 197 g/mol. The van der Waals surface area contributed by atoms with Crippen molar-refractivity contribution >= 4 is 0 Å². The van der Waals surface area contributed by atoms with Crippen LogP contribution in [-0.2, 0) is 4.74 Å². The summed E-state index contributed by atoms with van der Waals surface area (Å²) in [5.74, 6) is 0. The second kappa shape index (κ2) is 7.86. The minimum atomic E-state index is 0.783. The highest BCUT2D eigenvalue weighted by atomic mass is 16.5. The first kappa shape index (κ1) is 11.6. The van der Waals surface area contributed by atoms with Crippen LogP contribution >= 0.6 is 0 Å². The van der Waals surface area contributed by atoms with Gasteiger partial charge in [-0.1, -0.05) is 39.0 Å². The van der Waals surface area contributed by atoms with E-state index in [-0.39, 0.29) is 0 Å².